The fourth-order valence-electron chi connectivity index (χ4n) is 3.23. The molecule has 0 aliphatic carbocycles. The van der Waals surface area contributed by atoms with E-state index >= 15 is 0 Å². The van der Waals surface area contributed by atoms with E-state index in [1.165, 1.54) is 0 Å². The van der Waals surface area contributed by atoms with E-state index in [4.69, 9.17) is 9.84 Å². The molecule has 0 spiro atoms. The van der Waals surface area contributed by atoms with Crippen LogP contribution in [0.5, 0.6) is 5.75 Å². The molecule has 0 bridgehead atoms. The number of nitrogens with one attached hydrogen (secondary N) is 2. The first-order valence-corrected chi connectivity index (χ1v) is 10.2. The molecule has 9 nitrogen and oxygen atoms in total. The third kappa shape index (κ3) is 6.13. The van der Waals surface area contributed by atoms with Crippen LogP contribution in [0.25, 0.3) is 0 Å². The number of benzene rings is 2. The molecule has 0 saturated heterocycles. The van der Waals surface area contributed by atoms with Crippen LogP contribution in [0.1, 0.15) is 57.4 Å². The van der Waals surface area contributed by atoms with Gasteiger partial charge in [-0.2, -0.15) is 0 Å². The lowest BCUT2D eigenvalue weighted by molar-refractivity contribution is -0.137. The van der Waals surface area contributed by atoms with Crippen molar-refractivity contribution in [1.29, 1.82) is 0 Å². The van der Waals surface area contributed by atoms with Crippen LogP contribution >= 0.6 is 0 Å². The number of nitrogens with zero attached hydrogens (tertiary/aromatic N) is 1. The molecule has 3 aromatic rings. The minimum Gasteiger partial charge on any atom is -0.497 e. The first kappa shape index (κ1) is 23.4. The fourth-order valence-corrected chi connectivity index (χ4v) is 3.23. The number of carbonyl (C=O) groups is 3. The van der Waals surface area contributed by atoms with Crippen molar-refractivity contribution in [3.05, 3.63) is 93.7 Å². The Morgan fingerprint density at radius 3 is 2.30 bits per heavy atom. The van der Waals surface area contributed by atoms with E-state index in [0.717, 1.165) is 17.3 Å². The van der Waals surface area contributed by atoms with Crippen molar-refractivity contribution < 1.29 is 24.2 Å². The fraction of sp³-hybridized carbons (Fsp3) is 0.208. The molecular formula is C24H23N3O6. The Bertz CT molecular complexity index is 1190. The molecule has 0 saturated carbocycles. The number of hydrogen-bond acceptors (Lipinski definition) is 6. The molecule has 1 aromatic heterocycles. The molecular weight excluding hydrogens is 426 g/mol. The van der Waals surface area contributed by atoms with Crippen LogP contribution in [0.3, 0.4) is 0 Å². The molecule has 0 radical (unpaired) electrons. The molecule has 1 atom stereocenters. The lowest BCUT2D eigenvalue weighted by Crippen LogP contribution is -2.34. The molecule has 0 aliphatic rings. The highest BCUT2D eigenvalue weighted by molar-refractivity contribution is 5.95. The van der Waals surface area contributed by atoms with Gasteiger partial charge in [0.2, 0.25) is 0 Å². The minimum atomic E-state index is -1.01. The zero-order valence-electron chi connectivity index (χ0n) is 17.9. The number of aromatic amines is 1. The van der Waals surface area contributed by atoms with Crippen LogP contribution in [0.4, 0.5) is 0 Å². The van der Waals surface area contributed by atoms with Gasteiger partial charge >= 0.3 is 5.97 Å². The summed E-state index contributed by atoms with van der Waals surface area (Å²) in [5.41, 5.74) is 0.591. The predicted octanol–water partition coefficient (Wildman–Crippen LogP) is 2.74. The lowest BCUT2D eigenvalue weighted by Gasteiger charge is -2.20. The average Bonchev–Trinajstić information content (AvgIpc) is 2.82. The van der Waals surface area contributed by atoms with Crippen LogP contribution in [0.2, 0.25) is 0 Å². The Kier molecular flexibility index (Phi) is 7.69. The van der Waals surface area contributed by atoms with Gasteiger partial charge in [-0.05, 0) is 29.7 Å². The van der Waals surface area contributed by atoms with Gasteiger partial charge in [-0.25, -0.2) is 4.98 Å². The highest BCUT2D eigenvalue weighted by atomic mass is 16.5. The average molecular weight is 449 g/mol. The standard InChI is InChI=1S/C24H23N3O6/c1-33-17-12-10-16(11-13-17)21(15-6-3-2-4-7-15)26-23(31)18-14-25-22(27-24(18)32)19(28)8-5-9-20(29)30/h2-4,6-7,10-14,21H,5,8-9H2,1H3,(H,26,31)(H,29,30)(H,25,27,32)/t21-/m0/s1. The number of aliphatic carboxylic acids is 1. The van der Waals surface area contributed by atoms with E-state index in [-0.39, 0.29) is 30.7 Å². The molecule has 0 fully saturated rings. The van der Waals surface area contributed by atoms with E-state index < -0.39 is 29.3 Å². The Morgan fingerprint density at radius 2 is 1.70 bits per heavy atom. The van der Waals surface area contributed by atoms with Crippen molar-refractivity contribution in [2.45, 2.75) is 25.3 Å². The summed E-state index contributed by atoms with van der Waals surface area (Å²) in [7, 11) is 1.56. The predicted molar refractivity (Wildman–Crippen MR) is 119 cm³/mol. The highest BCUT2D eigenvalue weighted by Gasteiger charge is 2.21. The zero-order chi connectivity index (χ0) is 23.8. The molecule has 9 heteroatoms. The van der Waals surface area contributed by atoms with Crippen molar-refractivity contribution in [2.75, 3.05) is 7.11 Å². The van der Waals surface area contributed by atoms with Crippen molar-refractivity contribution in [2.24, 2.45) is 0 Å². The van der Waals surface area contributed by atoms with Crippen molar-refractivity contribution in [3.63, 3.8) is 0 Å². The molecule has 170 valence electrons. The van der Waals surface area contributed by atoms with Gasteiger partial charge in [-0.15, -0.1) is 0 Å². The normalized spacial score (nSPS) is 11.4. The minimum absolute atomic E-state index is 0.0751. The van der Waals surface area contributed by atoms with Crippen LogP contribution in [0, 0.1) is 0 Å². The summed E-state index contributed by atoms with van der Waals surface area (Å²) in [5.74, 6) is -1.71. The number of ketones is 1. The maximum Gasteiger partial charge on any atom is 0.303 e. The van der Waals surface area contributed by atoms with Crippen LogP contribution in [-0.2, 0) is 4.79 Å². The highest BCUT2D eigenvalue weighted by Crippen LogP contribution is 2.24. The van der Waals surface area contributed by atoms with E-state index in [0.29, 0.717) is 5.75 Å². The van der Waals surface area contributed by atoms with E-state index in [1.54, 1.807) is 19.2 Å². The van der Waals surface area contributed by atoms with E-state index in [1.807, 2.05) is 42.5 Å². The van der Waals surface area contributed by atoms with Gasteiger partial charge in [0.05, 0.1) is 13.2 Å². The summed E-state index contributed by atoms with van der Waals surface area (Å²) in [5, 5.41) is 11.5. The first-order valence-electron chi connectivity index (χ1n) is 10.2. The number of carboxylic acid groups (broad SMARTS) is 1. The van der Waals surface area contributed by atoms with Crippen molar-refractivity contribution in [3.8, 4) is 5.75 Å². The van der Waals surface area contributed by atoms with Gasteiger partial charge in [-0.3, -0.25) is 19.2 Å². The maximum atomic E-state index is 12.9. The molecule has 0 unspecified atom stereocenters. The quantitative estimate of drug-likeness (QED) is 0.405. The van der Waals surface area contributed by atoms with Crippen LogP contribution in [0.15, 0.2) is 65.6 Å². The smallest absolute Gasteiger partial charge is 0.303 e. The van der Waals surface area contributed by atoms with Crippen LogP contribution < -0.4 is 15.6 Å². The number of Topliss-reactive ketones (excluding diaryl/α,β-unsaturated/α-hetero) is 1. The molecule has 0 aliphatic heterocycles. The maximum absolute atomic E-state index is 12.9. The number of amides is 1. The zero-order valence-corrected chi connectivity index (χ0v) is 17.9. The summed E-state index contributed by atoms with van der Waals surface area (Å²) < 4.78 is 5.19. The third-order valence-electron chi connectivity index (χ3n) is 4.96. The van der Waals surface area contributed by atoms with E-state index in [2.05, 4.69) is 15.3 Å². The number of ether oxygens (including phenoxy) is 1. The largest absolute Gasteiger partial charge is 0.497 e. The second-order valence-electron chi connectivity index (χ2n) is 7.24. The summed E-state index contributed by atoms with van der Waals surface area (Å²) in [4.78, 5) is 54.3. The molecule has 3 rings (SSSR count). The Balaban J connectivity index is 1.81. The van der Waals surface area contributed by atoms with E-state index in [9.17, 15) is 19.2 Å². The Hall–Kier alpha value is -4.27. The topological polar surface area (TPSA) is 138 Å². The number of aromatic nitrogens is 2. The van der Waals surface area contributed by atoms with Gasteiger partial charge in [0.15, 0.2) is 11.6 Å². The number of carbonyl (C=O) groups excluding carboxylic acids is 2. The van der Waals surface area contributed by atoms with Crippen molar-refractivity contribution in [1.82, 2.24) is 15.3 Å². The number of rotatable bonds is 10. The number of methoxy groups -OCH3 is 1. The van der Waals surface area contributed by atoms with Crippen molar-refractivity contribution >= 4 is 17.7 Å². The van der Waals surface area contributed by atoms with Gasteiger partial charge in [0, 0.05) is 19.0 Å². The van der Waals surface area contributed by atoms with Gasteiger partial charge in [0.1, 0.15) is 11.3 Å². The lowest BCUT2D eigenvalue weighted by atomic mass is 9.98. The summed E-state index contributed by atoms with van der Waals surface area (Å²) >= 11 is 0. The van der Waals surface area contributed by atoms with Gasteiger partial charge < -0.3 is 20.1 Å². The third-order valence-corrected chi connectivity index (χ3v) is 4.96. The molecule has 1 amide bonds. The van der Waals surface area contributed by atoms with Gasteiger partial charge in [0.25, 0.3) is 11.5 Å². The Morgan fingerprint density at radius 1 is 1.03 bits per heavy atom. The monoisotopic (exact) mass is 449 g/mol. The van der Waals surface area contributed by atoms with Crippen LogP contribution in [-0.4, -0.2) is 39.8 Å². The second kappa shape index (κ2) is 10.9. The molecule has 33 heavy (non-hydrogen) atoms. The first-order chi connectivity index (χ1) is 15.9. The number of H-pyrrole nitrogens is 1. The molecule has 2 aromatic carbocycles. The molecule has 1 heterocycles. The number of hydrogen-bond donors (Lipinski definition) is 3. The SMILES string of the molecule is COc1ccc([C@@H](NC(=O)c2cnc(C(=O)CCCC(=O)O)[nH]c2=O)c2ccccc2)cc1. The summed E-state index contributed by atoms with van der Waals surface area (Å²) in [6.45, 7) is 0. The second-order valence-corrected chi connectivity index (χ2v) is 7.24. The molecule has 3 N–H and O–H groups in total. The summed E-state index contributed by atoms with van der Waals surface area (Å²) in [6.07, 6.45) is 0.937. The summed E-state index contributed by atoms with van der Waals surface area (Å²) in [6, 6.07) is 15.9. The Labute approximate surface area is 189 Å². The number of carboxylic acids is 1. The van der Waals surface area contributed by atoms with Gasteiger partial charge in [-0.1, -0.05) is 42.5 Å².